The second-order valence-corrected chi connectivity index (χ2v) is 7.41. The van der Waals surface area contributed by atoms with Crippen molar-refractivity contribution < 1.29 is 8.42 Å². The van der Waals surface area contributed by atoms with Crippen LogP contribution in [0.4, 0.5) is 0 Å². The van der Waals surface area contributed by atoms with Gasteiger partial charge in [0.15, 0.2) is 9.84 Å². The molecule has 0 amide bonds. The van der Waals surface area contributed by atoms with Gasteiger partial charge in [-0.2, -0.15) is 0 Å². The Balaban J connectivity index is 1.86. The van der Waals surface area contributed by atoms with E-state index in [9.17, 15) is 8.42 Å². The maximum atomic E-state index is 11.5. The molecule has 1 atom stereocenters. The molecule has 1 aliphatic heterocycles. The molecule has 0 aromatic carbocycles. The summed E-state index contributed by atoms with van der Waals surface area (Å²) in [5, 5.41) is 0. The van der Waals surface area contributed by atoms with Gasteiger partial charge < -0.3 is 10.1 Å². The first-order valence-corrected chi connectivity index (χ1v) is 8.25. The van der Waals surface area contributed by atoms with Crippen molar-refractivity contribution in [3.8, 4) is 0 Å². The first-order valence-electron chi connectivity index (χ1n) is 6.43. The molecule has 6 heteroatoms. The normalized spacial score (nSPS) is 22.1. The van der Waals surface area contributed by atoms with E-state index in [0.717, 1.165) is 29.7 Å². The van der Waals surface area contributed by atoms with Crippen molar-refractivity contribution in [2.24, 2.45) is 11.7 Å². The third-order valence-corrected chi connectivity index (χ3v) is 5.54. The topological polar surface area (TPSA) is 77.5 Å². The van der Waals surface area contributed by atoms with Gasteiger partial charge in [-0.1, -0.05) is 0 Å². The Morgan fingerprint density at radius 3 is 3.00 bits per heavy atom. The van der Waals surface area contributed by atoms with Crippen LogP contribution in [-0.2, 0) is 22.8 Å². The SMILES string of the molecule is NCc1ccn2c(CC3CCS(=O)(=O)C3)ncc2c1. The van der Waals surface area contributed by atoms with E-state index in [4.69, 9.17) is 5.73 Å². The highest BCUT2D eigenvalue weighted by Gasteiger charge is 2.28. The molecule has 5 nitrogen and oxygen atoms in total. The van der Waals surface area contributed by atoms with E-state index in [1.54, 1.807) is 0 Å². The van der Waals surface area contributed by atoms with Crippen LogP contribution in [0.1, 0.15) is 17.8 Å². The summed E-state index contributed by atoms with van der Waals surface area (Å²) in [5.41, 5.74) is 7.70. The number of hydrogen-bond acceptors (Lipinski definition) is 4. The van der Waals surface area contributed by atoms with Crippen LogP contribution in [0.3, 0.4) is 0 Å². The van der Waals surface area contributed by atoms with E-state index in [-0.39, 0.29) is 5.92 Å². The average Bonchev–Trinajstić information content (AvgIpc) is 2.93. The maximum Gasteiger partial charge on any atom is 0.150 e. The molecule has 0 aliphatic carbocycles. The van der Waals surface area contributed by atoms with Gasteiger partial charge in [-0.25, -0.2) is 13.4 Å². The second-order valence-electron chi connectivity index (χ2n) is 5.18. The van der Waals surface area contributed by atoms with Crippen molar-refractivity contribution in [2.45, 2.75) is 19.4 Å². The Morgan fingerprint density at radius 2 is 2.32 bits per heavy atom. The zero-order valence-corrected chi connectivity index (χ0v) is 11.4. The van der Waals surface area contributed by atoms with E-state index < -0.39 is 9.84 Å². The summed E-state index contributed by atoms with van der Waals surface area (Å²) in [6, 6.07) is 3.99. The molecule has 2 N–H and O–H groups in total. The zero-order valence-electron chi connectivity index (χ0n) is 10.6. The number of pyridine rings is 1. The Bertz CT molecular complexity index is 706. The van der Waals surface area contributed by atoms with Crippen molar-refractivity contribution in [2.75, 3.05) is 11.5 Å². The number of rotatable bonds is 3. The van der Waals surface area contributed by atoms with Crippen LogP contribution in [0, 0.1) is 5.92 Å². The first-order chi connectivity index (χ1) is 9.07. The third-order valence-electron chi connectivity index (χ3n) is 3.71. The predicted molar refractivity (Wildman–Crippen MR) is 73.5 cm³/mol. The Kier molecular flexibility index (Phi) is 3.06. The van der Waals surface area contributed by atoms with Crippen molar-refractivity contribution in [1.29, 1.82) is 0 Å². The van der Waals surface area contributed by atoms with Crippen molar-refractivity contribution in [1.82, 2.24) is 9.38 Å². The van der Waals surface area contributed by atoms with E-state index in [2.05, 4.69) is 4.98 Å². The molecule has 2 aromatic rings. The van der Waals surface area contributed by atoms with E-state index in [1.807, 2.05) is 28.9 Å². The molecular weight excluding hydrogens is 262 g/mol. The molecule has 1 aliphatic rings. The van der Waals surface area contributed by atoms with E-state index in [1.165, 1.54) is 0 Å². The van der Waals surface area contributed by atoms with Gasteiger partial charge >= 0.3 is 0 Å². The van der Waals surface area contributed by atoms with Gasteiger partial charge in [0.05, 0.1) is 23.2 Å². The van der Waals surface area contributed by atoms with Crippen LogP contribution in [0.15, 0.2) is 24.5 Å². The fourth-order valence-corrected chi connectivity index (χ4v) is 4.53. The van der Waals surface area contributed by atoms with E-state index >= 15 is 0 Å². The van der Waals surface area contributed by atoms with Gasteiger partial charge in [0, 0.05) is 19.2 Å². The lowest BCUT2D eigenvalue weighted by molar-refractivity contribution is 0.568. The van der Waals surface area contributed by atoms with Gasteiger partial charge in [0.1, 0.15) is 5.82 Å². The number of sulfone groups is 1. The van der Waals surface area contributed by atoms with Gasteiger partial charge in [-0.15, -0.1) is 0 Å². The van der Waals surface area contributed by atoms with Gasteiger partial charge in [0.2, 0.25) is 0 Å². The Labute approximate surface area is 112 Å². The number of imidazole rings is 1. The smallest absolute Gasteiger partial charge is 0.150 e. The highest BCUT2D eigenvalue weighted by Crippen LogP contribution is 2.22. The first kappa shape index (κ1) is 12.6. The molecule has 1 saturated heterocycles. The van der Waals surface area contributed by atoms with Crippen LogP contribution < -0.4 is 5.73 Å². The minimum absolute atomic E-state index is 0.199. The predicted octanol–water partition coefficient (Wildman–Crippen LogP) is 0.770. The minimum atomic E-state index is -2.82. The highest BCUT2D eigenvalue weighted by atomic mass is 32.2. The number of nitrogens with zero attached hydrogens (tertiary/aromatic N) is 2. The minimum Gasteiger partial charge on any atom is -0.326 e. The van der Waals surface area contributed by atoms with Gasteiger partial charge in [0.25, 0.3) is 0 Å². The zero-order chi connectivity index (χ0) is 13.5. The summed E-state index contributed by atoms with van der Waals surface area (Å²) in [7, 11) is -2.82. The summed E-state index contributed by atoms with van der Waals surface area (Å²) in [5.74, 6) is 1.74. The molecule has 102 valence electrons. The summed E-state index contributed by atoms with van der Waals surface area (Å²) in [4.78, 5) is 4.41. The molecule has 2 aromatic heterocycles. The monoisotopic (exact) mass is 279 g/mol. The summed E-state index contributed by atoms with van der Waals surface area (Å²) in [6.07, 6.45) is 5.24. The van der Waals surface area contributed by atoms with Crippen molar-refractivity contribution >= 4 is 15.4 Å². The summed E-state index contributed by atoms with van der Waals surface area (Å²) < 4.78 is 25.0. The molecule has 3 rings (SSSR count). The standard InChI is InChI=1S/C13H17N3O2S/c14-7-10-1-3-16-12(5-10)8-15-13(16)6-11-2-4-19(17,18)9-11/h1,3,5,8,11H,2,4,6-7,9,14H2. The second kappa shape index (κ2) is 4.61. The molecule has 19 heavy (non-hydrogen) atoms. The van der Waals surface area contributed by atoms with Crippen LogP contribution >= 0.6 is 0 Å². The van der Waals surface area contributed by atoms with Crippen LogP contribution in [0.25, 0.3) is 5.52 Å². The molecular formula is C13H17N3O2S. The fourth-order valence-electron chi connectivity index (χ4n) is 2.67. The van der Waals surface area contributed by atoms with Crippen molar-refractivity contribution in [3.63, 3.8) is 0 Å². The van der Waals surface area contributed by atoms with Crippen LogP contribution in [0.5, 0.6) is 0 Å². The average molecular weight is 279 g/mol. The molecule has 1 unspecified atom stereocenters. The van der Waals surface area contributed by atoms with Crippen LogP contribution in [0.2, 0.25) is 0 Å². The molecule has 1 fully saturated rings. The van der Waals surface area contributed by atoms with Crippen molar-refractivity contribution in [3.05, 3.63) is 35.9 Å². The molecule has 0 spiro atoms. The van der Waals surface area contributed by atoms with Crippen LogP contribution in [-0.4, -0.2) is 29.3 Å². The molecule has 3 heterocycles. The van der Waals surface area contributed by atoms with Gasteiger partial charge in [-0.3, -0.25) is 0 Å². The van der Waals surface area contributed by atoms with Gasteiger partial charge in [-0.05, 0) is 30.0 Å². The lowest BCUT2D eigenvalue weighted by atomic mass is 10.1. The lowest BCUT2D eigenvalue weighted by Crippen LogP contribution is -2.09. The Hall–Kier alpha value is -1.40. The number of fused-ring (bicyclic) bond motifs is 1. The highest BCUT2D eigenvalue weighted by molar-refractivity contribution is 7.91. The third kappa shape index (κ3) is 2.50. The Morgan fingerprint density at radius 1 is 1.47 bits per heavy atom. The lowest BCUT2D eigenvalue weighted by Gasteiger charge is -2.07. The number of hydrogen-bond donors (Lipinski definition) is 1. The maximum absolute atomic E-state index is 11.5. The summed E-state index contributed by atoms with van der Waals surface area (Å²) >= 11 is 0. The fraction of sp³-hybridized carbons (Fsp3) is 0.462. The molecule has 0 radical (unpaired) electrons. The number of nitrogens with two attached hydrogens (primary N) is 1. The number of aromatic nitrogens is 2. The molecule has 0 saturated carbocycles. The largest absolute Gasteiger partial charge is 0.326 e. The summed E-state index contributed by atoms with van der Waals surface area (Å²) in [6.45, 7) is 0.512. The van der Waals surface area contributed by atoms with E-state index in [0.29, 0.717) is 18.1 Å². The quantitative estimate of drug-likeness (QED) is 0.900. The molecule has 0 bridgehead atoms.